The Morgan fingerprint density at radius 2 is 2.00 bits per heavy atom. The Morgan fingerprint density at radius 1 is 1.19 bits per heavy atom. The molecular weight excluding hydrogens is 307 g/mol. The Balaban J connectivity index is 1.99. The van der Waals surface area contributed by atoms with Crippen LogP contribution in [0.4, 0.5) is 0 Å². The summed E-state index contributed by atoms with van der Waals surface area (Å²) < 4.78 is 5.72. The zero-order chi connectivity index (χ0) is 15.2. The molecule has 0 amide bonds. The number of hydrogen-bond acceptors (Lipinski definition) is 3. The molecule has 0 fully saturated rings. The number of nitrogens with one attached hydrogen (secondary N) is 1. The molecule has 1 N–H and O–H groups in total. The van der Waals surface area contributed by atoms with Gasteiger partial charge in [0, 0.05) is 30.5 Å². The topological polar surface area (TPSA) is 34.1 Å². The van der Waals surface area contributed by atoms with Crippen LogP contribution in [0.25, 0.3) is 0 Å². The van der Waals surface area contributed by atoms with Crippen molar-refractivity contribution in [3.05, 3.63) is 57.8 Å². The number of hydrogen-bond donors (Lipinski definition) is 1. The number of ether oxygens (including phenoxy) is 1. The van der Waals surface area contributed by atoms with Crippen LogP contribution in [0.2, 0.25) is 10.0 Å². The Kier molecular flexibility index (Phi) is 5.85. The first-order chi connectivity index (χ1) is 10.1. The van der Waals surface area contributed by atoms with Crippen LogP contribution in [0, 0.1) is 0 Å². The first-order valence-electron chi connectivity index (χ1n) is 6.79. The number of pyridine rings is 1. The van der Waals surface area contributed by atoms with E-state index in [2.05, 4.69) is 24.1 Å². The normalized spacial score (nSPS) is 10.9. The van der Waals surface area contributed by atoms with Gasteiger partial charge in [0.05, 0.1) is 10.0 Å². The van der Waals surface area contributed by atoms with Gasteiger partial charge in [-0.2, -0.15) is 0 Å². The fourth-order valence-corrected chi connectivity index (χ4v) is 2.20. The molecule has 0 saturated heterocycles. The van der Waals surface area contributed by atoms with Crippen LogP contribution in [0.3, 0.4) is 0 Å². The molecular formula is C16H18Cl2N2O. The molecule has 0 unspecified atom stereocenters. The van der Waals surface area contributed by atoms with E-state index in [1.54, 1.807) is 12.4 Å². The molecule has 0 aliphatic carbocycles. The van der Waals surface area contributed by atoms with Crippen molar-refractivity contribution < 1.29 is 4.74 Å². The van der Waals surface area contributed by atoms with Crippen molar-refractivity contribution in [2.24, 2.45) is 0 Å². The molecule has 2 rings (SSSR count). The van der Waals surface area contributed by atoms with Crippen LogP contribution in [-0.2, 0) is 13.2 Å². The van der Waals surface area contributed by atoms with Gasteiger partial charge in [0.25, 0.3) is 0 Å². The standard InChI is InChI=1S/C16H18Cl2N2O/c1-11(2)20-8-12-3-4-16(14(17)7-12)21-10-13-5-6-19-9-15(13)18/h3-7,9,11,20H,8,10H2,1-2H3. The van der Waals surface area contributed by atoms with Crippen LogP contribution in [0.15, 0.2) is 36.7 Å². The van der Waals surface area contributed by atoms with E-state index in [1.165, 1.54) is 0 Å². The van der Waals surface area contributed by atoms with Crippen molar-refractivity contribution >= 4 is 23.2 Å². The molecule has 3 nitrogen and oxygen atoms in total. The average molecular weight is 325 g/mol. The van der Waals surface area contributed by atoms with Gasteiger partial charge in [0.15, 0.2) is 0 Å². The Labute approximate surface area is 135 Å². The monoisotopic (exact) mass is 324 g/mol. The lowest BCUT2D eigenvalue weighted by atomic mass is 10.2. The molecule has 21 heavy (non-hydrogen) atoms. The Bertz CT molecular complexity index is 603. The summed E-state index contributed by atoms with van der Waals surface area (Å²) in [6.07, 6.45) is 3.29. The summed E-state index contributed by atoms with van der Waals surface area (Å²) in [5, 5.41) is 4.54. The van der Waals surface area contributed by atoms with E-state index < -0.39 is 0 Å². The second kappa shape index (κ2) is 7.64. The maximum absolute atomic E-state index is 6.25. The highest BCUT2D eigenvalue weighted by Gasteiger charge is 2.06. The lowest BCUT2D eigenvalue weighted by Crippen LogP contribution is -2.21. The molecule has 112 valence electrons. The predicted molar refractivity (Wildman–Crippen MR) is 87.0 cm³/mol. The zero-order valence-corrected chi connectivity index (χ0v) is 13.6. The van der Waals surface area contributed by atoms with Crippen molar-refractivity contribution in [1.82, 2.24) is 10.3 Å². The molecule has 1 heterocycles. The summed E-state index contributed by atoms with van der Waals surface area (Å²) in [5.41, 5.74) is 2.01. The number of halogens is 2. The SMILES string of the molecule is CC(C)NCc1ccc(OCc2ccncc2Cl)c(Cl)c1. The van der Waals surface area contributed by atoms with Crippen LogP contribution in [0.1, 0.15) is 25.0 Å². The Hall–Kier alpha value is -1.29. The van der Waals surface area contributed by atoms with E-state index in [9.17, 15) is 0 Å². The lowest BCUT2D eigenvalue weighted by Gasteiger charge is -2.12. The molecule has 0 saturated carbocycles. The fourth-order valence-electron chi connectivity index (χ4n) is 1.77. The number of aromatic nitrogens is 1. The third-order valence-electron chi connectivity index (χ3n) is 2.95. The number of rotatable bonds is 6. The molecule has 5 heteroatoms. The van der Waals surface area contributed by atoms with Crippen molar-refractivity contribution in [3.63, 3.8) is 0 Å². The van der Waals surface area contributed by atoms with Gasteiger partial charge in [-0.3, -0.25) is 4.98 Å². The van der Waals surface area contributed by atoms with Gasteiger partial charge in [0.2, 0.25) is 0 Å². The highest BCUT2D eigenvalue weighted by Crippen LogP contribution is 2.27. The number of nitrogens with zero attached hydrogens (tertiary/aromatic N) is 1. The minimum absolute atomic E-state index is 0.366. The van der Waals surface area contributed by atoms with Crippen LogP contribution in [0.5, 0.6) is 5.75 Å². The number of benzene rings is 1. The van der Waals surface area contributed by atoms with Crippen molar-refractivity contribution in [3.8, 4) is 5.75 Å². The summed E-state index contributed by atoms with van der Waals surface area (Å²) in [6.45, 7) is 5.37. The maximum atomic E-state index is 6.25. The second-order valence-electron chi connectivity index (χ2n) is 5.06. The van der Waals surface area contributed by atoms with Gasteiger partial charge >= 0.3 is 0 Å². The van der Waals surface area contributed by atoms with Crippen molar-refractivity contribution in [2.75, 3.05) is 0 Å². The molecule has 1 aromatic heterocycles. The van der Waals surface area contributed by atoms with Gasteiger partial charge in [-0.25, -0.2) is 0 Å². The van der Waals surface area contributed by atoms with Gasteiger partial charge in [0.1, 0.15) is 12.4 Å². The first-order valence-corrected chi connectivity index (χ1v) is 7.55. The van der Waals surface area contributed by atoms with Crippen LogP contribution in [-0.4, -0.2) is 11.0 Å². The Morgan fingerprint density at radius 3 is 2.67 bits per heavy atom. The van der Waals surface area contributed by atoms with Gasteiger partial charge in [-0.1, -0.05) is 43.1 Å². The highest BCUT2D eigenvalue weighted by atomic mass is 35.5. The summed E-state index contributed by atoms with van der Waals surface area (Å²) in [4.78, 5) is 3.94. The van der Waals surface area contributed by atoms with E-state index >= 15 is 0 Å². The molecule has 0 radical (unpaired) electrons. The molecule has 0 atom stereocenters. The van der Waals surface area contributed by atoms with Crippen molar-refractivity contribution in [2.45, 2.75) is 33.0 Å². The fraction of sp³-hybridized carbons (Fsp3) is 0.312. The smallest absolute Gasteiger partial charge is 0.138 e. The molecule has 2 aromatic rings. The summed E-state index contributed by atoms with van der Waals surface area (Å²) >= 11 is 12.3. The molecule has 1 aromatic carbocycles. The van der Waals surface area contributed by atoms with E-state index in [0.29, 0.717) is 28.4 Å². The summed E-state index contributed by atoms with van der Waals surface area (Å²) in [5.74, 6) is 0.651. The lowest BCUT2D eigenvalue weighted by molar-refractivity contribution is 0.306. The summed E-state index contributed by atoms with van der Waals surface area (Å²) in [7, 11) is 0. The van der Waals surface area contributed by atoms with E-state index in [-0.39, 0.29) is 0 Å². The van der Waals surface area contributed by atoms with Gasteiger partial charge < -0.3 is 10.1 Å². The molecule has 0 aliphatic rings. The van der Waals surface area contributed by atoms with E-state index in [1.807, 2.05) is 24.3 Å². The molecule has 0 bridgehead atoms. The van der Waals surface area contributed by atoms with Crippen molar-refractivity contribution in [1.29, 1.82) is 0 Å². The quantitative estimate of drug-likeness (QED) is 0.851. The predicted octanol–water partition coefficient (Wildman–Crippen LogP) is 4.47. The third-order valence-corrected chi connectivity index (χ3v) is 3.59. The zero-order valence-electron chi connectivity index (χ0n) is 12.1. The van der Waals surface area contributed by atoms with Crippen LogP contribution >= 0.6 is 23.2 Å². The molecule has 0 aliphatic heterocycles. The second-order valence-corrected chi connectivity index (χ2v) is 5.87. The molecule has 0 spiro atoms. The van der Waals surface area contributed by atoms with E-state index in [4.69, 9.17) is 27.9 Å². The maximum Gasteiger partial charge on any atom is 0.138 e. The minimum Gasteiger partial charge on any atom is -0.487 e. The summed E-state index contributed by atoms with van der Waals surface area (Å²) in [6, 6.07) is 8.07. The first kappa shape index (κ1) is 16.1. The highest BCUT2D eigenvalue weighted by molar-refractivity contribution is 6.32. The minimum atomic E-state index is 0.366. The van der Waals surface area contributed by atoms with E-state index in [0.717, 1.165) is 17.7 Å². The van der Waals surface area contributed by atoms with Gasteiger partial charge in [-0.15, -0.1) is 0 Å². The average Bonchev–Trinajstić information content (AvgIpc) is 2.45. The third kappa shape index (κ3) is 4.88. The van der Waals surface area contributed by atoms with Crippen LogP contribution < -0.4 is 10.1 Å². The largest absolute Gasteiger partial charge is 0.487 e. The van der Waals surface area contributed by atoms with Gasteiger partial charge in [-0.05, 0) is 23.8 Å².